The van der Waals surface area contributed by atoms with Crippen LogP contribution in [0.4, 0.5) is 0 Å². The van der Waals surface area contributed by atoms with E-state index in [4.69, 9.17) is 14.2 Å². The minimum Gasteiger partial charge on any atom is -0.368 e. The van der Waals surface area contributed by atoms with Gasteiger partial charge in [-0.15, -0.1) is 0 Å². The third-order valence-electron chi connectivity index (χ3n) is 5.64. The van der Waals surface area contributed by atoms with Gasteiger partial charge in [-0.1, -0.05) is 36.3 Å². The Hall–Kier alpha value is -3.52. The monoisotopic (exact) mass is 417 g/mol. The second-order valence-corrected chi connectivity index (χ2v) is 7.60. The van der Waals surface area contributed by atoms with Crippen LogP contribution in [0, 0.1) is 6.92 Å². The van der Waals surface area contributed by atoms with E-state index < -0.39 is 0 Å². The molecule has 1 aromatic carbocycles. The number of carbonyl (C=O) groups excluding carboxylic acids is 1. The molecule has 1 N–H and O–H groups in total. The van der Waals surface area contributed by atoms with Crippen LogP contribution in [0.25, 0.3) is 22.2 Å². The molecule has 1 amide bonds. The van der Waals surface area contributed by atoms with E-state index in [0.717, 1.165) is 45.7 Å². The molecule has 1 saturated heterocycles. The maximum atomic E-state index is 13.2. The third kappa shape index (κ3) is 3.48. The Morgan fingerprint density at radius 3 is 2.97 bits per heavy atom. The van der Waals surface area contributed by atoms with E-state index in [1.807, 2.05) is 56.3 Å². The molecule has 1 atom stereocenters. The molecule has 0 radical (unpaired) electrons. The molecule has 0 bridgehead atoms. The Labute approximate surface area is 179 Å². The minimum atomic E-state index is -0.312. The Bertz CT molecular complexity index is 1240. The molecule has 0 saturated carbocycles. The first kappa shape index (κ1) is 19.4. The number of nitrogens with one attached hydrogen (secondary N) is 1. The number of fused-ring (bicyclic) bond motifs is 1. The molecule has 3 aromatic heterocycles. The van der Waals surface area contributed by atoms with Crippen molar-refractivity contribution in [2.75, 3.05) is 19.7 Å². The molecule has 31 heavy (non-hydrogen) atoms. The number of nitrogens with zero attached hydrogens (tertiary/aromatic N) is 4. The fraction of sp³-hybridized carbons (Fsp3) is 0.304. The van der Waals surface area contributed by atoms with Crippen LogP contribution in [0.1, 0.15) is 40.7 Å². The molecular weight excluding hydrogens is 394 g/mol. The van der Waals surface area contributed by atoms with Crippen molar-refractivity contribution in [2.24, 2.45) is 0 Å². The van der Waals surface area contributed by atoms with Crippen molar-refractivity contribution in [1.82, 2.24) is 25.2 Å². The van der Waals surface area contributed by atoms with E-state index in [0.29, 0.717) is 25.4 Å². The highest BCUT2D eigenvalue weighted by Gasteiger charge is 2.29. The Morgan fingerprint density at radius 1 is 1.23 bits per heavy atom. The minimum absolute atomic E-state index is 0.106. The molecule has 158 valence electrons. The summed E-state index contributed by atoms with van der Waals surface area (Å²) in [5.41, 5.74) is 4.61. The number of hydrogen-bond donors (Lipinski definition) is 1. The molecule has 5 rings (SSSR count). The van der Waals surface area contributed by atoms with Gasteiger partial charge in [0.15, 0.2) is 5.69 Å². The van der Waals surface area contributed by atoms with Crippen molar-refractivity contribution in [2.45, 2.75) is 26.4 Å². The lowest BCUT2D eigenvalue weighted by atomic mass is 10.1. The molecule has 0 spiro atoms. The number of para-hydroxylation sites is 1. The molecule has 4 heterocycles. The van der Waals surface area contributed by atoms with Crippen LogP contribution in [0.3, 0.4) is 0 Å². The maximum absolute atomic E-state index is 13.2. The van der Waals surface area contributed by atoms with Gasteiger partial charge in [-0.25, -0.2) is 4.98 Å². The van der Waals surface area contributed by atoms with Crippen LogP contribution in [0.5, 0.6) is 0 Å². The highest BCUT2D eigenvalue weighted by atomic mass is 16.5. The number of pyridine rings is 1. The zero-order valence-electron chi connectivity index (χ0n) is 17.5. The van der Waals surface area contributed by atoms with Gasteiger partial charge in [-0.05, 0) is 25.1 Å². The lowest BCUT2D eigenvalue weighted by Gasteiger charge is -2.32. The van der Waals surface area contributed by atoms with E-state index >= 15 is 0 Å². The number of carbonyl (C=O) groups is 1. The van der Waals surface area contributed by atoms with Crippen molar-refractivity contribution < 1.29 is 14.1 Å². The quantitative estimate of drug-likeness (QED) is 0.544. The second-order valence-electron chi connectivity index (χ2n) is 7.60. The van der Waals surface area contributed by atoms with Gasteiger partial charge in [0.25, 0.3) is 5.91 Å². The number of hydrogen-bond acceptors (Lipinski definition) is 6. The number of aromatic amines is 1. The smallest absolute Gasteiger partial charge is 0.275 e. The number of rotatable bonds is 4. The standard InChI is InChI=1S/C23H23N5O3/c1-3-19-21(14(2)27-31-19)18-10-6-9-17(24-18)20-13-28(11-12-30-20)23(29)22-15-7-4-5-8-16(15)25-26-22/h4-10,20H,3,11-13H2,1-2H3,(H,25,26). The predicted molar refractivity (Wildman–Crippen MR) is 115 cm³/mol. The number of aromatic nitrogens is 4. The van der Waals surface area contributed by atoms with Crippen LogP contribution >= 0.6 is 0 Å². The van der Waals surface area contributed by atoms with Gasteiger partial charge in [0, 0.05) is 18.4 Å². The van der Waals surface area contributed by atoms with Gasteiger partial charge in [-0.2, -0.15) is 5.10 Å². The first-order valence-corrected chi connectivity index (χ1v) is 10.4. The fourth-order valence-corrected chi connectivity index (χ4v) is 4.05. The summed E-state index contributed by atoms with van der Waals surface area (Å²) < 4.78 is 11.4. The summed E-state index contributed by atoms with van der Waals surface area (Å²) in [5.74, 6) is 0.707. The van der Waals surface area contributed by atoms with Crippen LogP contribution in [-0.2, 0) is 11.2 Å². The number of amides is 1. The van der Waals surface area contributed by atoms with Crippen molar-refractivity contribution in [3.63, 3.8) is 0 Å². The van der Waals surface area contributed by atoms with Gasteiger partial charge in [0.05, 0.1) is 41.3 Å². The normalized spacial score (nSPS) is 16.7. The van der Waals surface area contributed by atoms with Gasteiger partial charge >= 0.3 is 0 Å². The number of benzene rings is 1. The van der Waals surface area contributed by atoms with Gasteiger partial charge in [0.2, 0.25) is 0 Å². The lowest BCUT2D eigenvalue weighted by molar-refractivity contribution is -0.0248. The molecule has 1 aliphatic rings. The number of H-pyrrole nitrogens is 1. The molecule has 8 heteroatoms. The lowest BCUT2D eigenvalue weighted by Crippen LogP contribution is -2.42. The van der Waals surface area contributed by atoms with E-state index in [9.17, 15) is 4.79 Å². The average Bonchev–Trinajstić information content (AvgIpc) is 3.42. The number of morpholine rings is 1. The van der Waals surface area contributed by atoms with Gasteiger partial charge < -0.3 is 14.2 Å². The topological polar surface area (TPSA) is 97.1 Å². The first-order valence-electron chi connectivity index (χ1n) is 10.4. The van der Waals surface area contributed by atoms with E-state index in [1.165, 1.54) is 0 Å². The SMILES string of the molecule is CCc1onc(C)c1-c1cccc(C2CN(C(=O)c3n[nH]c4ccccc34)CCO2)n1. The summed E-state index contributed by atoms with van der Waals surface area (Å²) in [7, 11) is 0. The van der Waals surface area contributed by atoms with E-state index in [2.05, 4.69) is 15.4 Å². The van der Waals surface area contributed by atoms with Crippen LogP contribution in [0.2, 0.25) is 0 Å². The highest BCUT2D eigenvalue weighted by molar-refractivity contribution is 6.04. The number of ether oxygens (including phenoxy) is 1. The van der Waals surface area contributed by atoms with Crippen molar-refractivity contribution in [1.29, 1.82) is 0 Å². The van der Waals surface area contributed by atoms with Gasteiger partial charge in [-0.3, -0.25) is 9.89 Å². The molecule has 4 aromatic rings. The molecule has 1 fully saturated rings. The summed E-state index contributed by atoms with van der Waals surface area (Å²) in [6.45, 7) is 5.32. The fourth-order valence-electron chi connectivity index (χ4n) is 4.05. The predicted octanol–water partition coefficient (Wildman–Crippen LogP) is 3.70. The van der Waals surface area contributed by atoms with E-state index in [-0.39, 0.29) is 12.0 Å². The zero-order chi connectivity index (χ0) is 21.4. The average molecular weight is 417 g/mol. The summed E-state index contributed by atoms with van der Waals surface area (Å²) in [6, 6.07) is 13.5. The van der Waals surface area contributed by atoms with E-state index in [1.54, 1.807) is 4.90 Å². The van der Waals surface area contributed by atoms with Crippen LogP contribution in [0.15, 0.2) is 47.0 Å². The summed E-state index contributed by atoms with van der Waals surface area (Å²) in [5, 5.41) is 12.1. The van der Waals surface area contributed by atoms with Crippen molar-refractivity contribution >= 4 is 16.8 Å². The first-order chi connectivity index (χ1) is 15.2. The van der Waals surface area contributed by atoms with Crippen molar-refractivity contribution in [3.05, 3.63) is 65.3 Å². The van der Waals surface area contributed by atoms with Crippen LogP contribution in [-0.4, -0.2) is 50.8 Å². The molecule has 1 aliphatic heterocycles. The molecule has 0 aliphatic carbocycles. The van der Waals surface area contributed by atoms with Gasteiger partial charge in [0.1, 0.15) is 11.9 Å². The summed E-state index contributed by atoms with van der Waals surface area (Å²) >= 11 is 0. The second kappa shape index (κ2) is 7.96. The largest absolute Gasteiger partial charge is 0.368 e. The highest BCUT2D eigenvalue weighted by Crippen LogP contribution is 2.29. The Kier molecular flexibility index (Phi) is 4.99. The maximum Gasteiger partial charge on any atom is 0.275 e. The third-order valence-corrected chi connectivity index (χ3v) is 5.64. The Morgan fingerprint density at radius 2 is 2.10 bits per heavy atom. The molecule has 8 nitrogen and oxygen atoms in total. The Balaban J connectivity index is 1.41. The zero-order valence-corrected chi connectivity index (χ0v) is 17.5. The summed E-state index contributed by atoms with van der Waals surface area (Å²) in [6.07, 6.45) is 0.426. The molecule has 1 unspecified atom stereocenters. The number of aryl methyl sites for hydroxylation is 2. The summed E-state index contributed by atoms with van der Waals surface area (Å²) in [4.78, 5) is 19.8. The van der Waals surface area contributed by atoms with Crippen molar-refractivity contribution in [3.8, 4) is 11.3 Å². The molecular formula is C23H23N5O3. The van der Waals surface area contributed by atoms with Crippen LogP contribution < -0.4 is 0 Å².